The van der Waals surface area contributed by atoms with Crippen molar-refractivity contribution in [3.63, 3.8) is 0 Å². The van der Waals surface area contributed by atoms with Crippen LogP contribution >= 0.6 is 11.3 Å². The Kier molecular flexibility index (Phi) is 2.75. The first-order valence-corrected chi connectivity index (χ1v) is 5.25. The Morgan fingerprint density at radius 1 is 1.14 bits per heavy atom. The largest absolute Gasteiger partial charge is 0.206 e. The Balaban J connectivity index is 2.29. The van der Waals surface area contributed by atoms with Gasteiger partial charge in [-0.1, -0.05) is 30.3 Å². The summed E-state index contributed by atoms with van der Waals surface area (Å²) in [5.74, 6) is -0.191. The van der Waals surface area contributed by atoms with E-state index in [1.54, 1.807) is 29.5 Å². The van der Waals surface area contributed by atoms with Crippen molar-refractivity contribution in [1.29, 1.82) is 0 Å². The van der Waals surface area contributed by atoms with Gasteiger partial charge in [-0.2, -0.15) is 11.3 Å². The summed E-state index contributed by atoms with van der Waals surface area (Å²) in [7, 11) is 0. The lowest BCUT2D eigenvalue weighted by atomic mass is 10.1. The van der Waals surface area contributed by atoms with E-state index in [2.05, 4.69) is 0 Å². The van der Waals surface area contributed by atoms with Crippen molar-refractivity contribution in [2.24, 2.45) is 0 Å². The van der Waals surface area contributed by atoms with Crippen molar-refractivity contribution in [3.8, 4) is 0 Å². The first kappa shape index (κ1) is 9.16. The number of benzene rings is 1. The molecular weight excluding hydrogens is 195 g/mol. The van der Waals surface area contributed by atoms with Crippen molar-refractivity contribution < 1.29 is 4.39 Å². The maximum atomic E-state index is 13.6. The normalized spacial score (nSPS) is 11.6. The SMILES string of the molecule is F/C(=C\c1ccsc1)c1ccccc1. The molecule has 2 heteroatoms. The number of hydrogen-bond donors (Lipinski definition) is 0. The molecule has 0 N–H and O–H groups in total. The molecule has 0 saturated heterocycles. The summed E-state index contributed by atoms with van der Waals surface area (Å²) >= 11 is 1.57. The van der Waals surface area contributed by atoms with Crippen molar-refractivity contribution in [1.82, 2.24) is 0 Å². The standard InChI is InChI=1S/C12H9FS/c13-12(8-10-6-7-14-9-10)11-4-2-1-3-5-11/h1-9H/b12-8-. The molecule has 0 fully saturated rings. The van der Waals surface area contributed by atoms with E-state index in [4.69, 9.17) is 0 Å². The fourth-order valence-electron chi connectivity index (χ4n) is 1.18. The summed E-state index contributed by atoms with van der Waals surface area (Å²) in [4.78, 5) is 0. The monoisotopic (exact) mass is 204 g/mol. The van der Waals surface area contributed by atoms with E-state index in [1.165, 1.54) is 0 Å². The molecule has 1 aromatic heterocycles. The smallest absolute Gasteiger partial charge is 0.131 e. The summed E-state index contributed by atoms with van der Waals surface area (Å²) in [5.41, 5.74) is 1.54. The lowest BCUT2D eigenvalue weighted by molar-refractivity contribution is 0.765. The molecule has 0 radical (unpaired) electrons. The van der Waals surface area contributed by atoms with E-state index in [0.29, 0.717) is 5.56 Å². The second kappa shape index (κ2) is 4.20. The molecule has 0 aliphatic rings. The first-order chi connectivity index (χ1) is 6.86. The predicted octanol–water partition coefficient (Wildman–Crippen LogP) is 4.22. The number of thiophene rings is 1. The van der Waals surface area contributed by atoms with Gasteiger partial charge in [-0.05, 0) is 28.5 Å². The van der Waals surface area contributed by atoms with Gasteiger partial charge in [0.1, 0.15) is 5.83 Å². The quantitative estimate of drug-likeness (QED) is 0.687. The third kappa shape index (κ3) is 2.09. The molecule has 0 saturated carbocycles. The van der Waals surface area contributed by atoms with E-state index < -0.39 is 0 Å². The zero-order valence-corrected chi connectivity index (χ0v) is 8.30. The van der Waals surface area contributed by atoms with Gasteiger partial charge in [0.25, 0.3) is 0 Å². The van der Waals surface area contributed by atoms with Gasteiger partial charge in [-0.3, -0.25) is 0 Å². The molecular formula is C12H9FS. The van der Waals surface area contributed by atoms with Crippen LogP contribution in [-0.2, 0) is 0 Å². The van der Waals surface area contributed by atoms with Crippen molar-refractivity contribution in [2.45, 2.75) is 0 Å². The zero-order chi connectivity index (χ0) is 9.80. The summed E-state index contributed by atoms with van der Waals surface area (Å²) in [6, 6.07) is 11.0. The molecule has 0 nitrogen and oxygen atoms in total. The third-order valence-corrected chi connectivity index (χ3v) is 2.59. The van der Waals surface area contributed by atoms with E-state index in [9.17, 15) is 4.39 Å². The van der Waals surface area contributed by atoms with E-state index >= 15 is 0 Å². The second-order valence-electron chi connectivity index (χ2n) is 2.91. The van der Waals surface area contributed by atoms with Gasteiger partial charge in [0.15, 0.2) is 0 Å². The Morgan fingerprint density at radius 3 is 2.57 bits per heavy atom. The molecule has 0 spiro atoms. The van der Waals surface area contributed by atoms with Crippen LogP contribution in [0.2, 0.25) is 0 Å². The molecule has 2 rings (SSSR count). The summed E-state index contributed by atoms with van der Waals surface area (Å²) in [6.45, 7) is 0. The zero-order valence-electron chi connectivity index (χ0n) is 7.48. The van der Waals surface area contributed by atoms with E-state index in [1.807, 2.05) is 35.0 Å². The Bertz CT molecular complexity index is 415. The van der Waals surface area contributed by atoms with Crippen LogP contribution in [0.5, 0.6) is 0 Å². The van der Waals surface area contributed by atoms with Gasteiger partial charge in [-0.25, -0.2) is 4.39 Å². The Hall–Kier alpha value is -1.41. The van der Waals surface area contributed by atoms with Crippen molar-refractivity contribution in [2.75, 3.05) is 0 Å². The summed E-state index contributed by atoms with van der Waals surface area (Å²) < 4.78 is 13.6. The fraction of sp³-hybridized carbons (Fsp3) is 0. The fourth-order valence-corrected chi connectivity index (χ4v) is 1.80. The van der Waals surface area contributed by atoms with E-state index in [-0.39, 0.29) is 5.83 Å². The molecule has 14 heavy (non-hydrogen) atoms. The van der Waals surface area contributed by atoms with Crippen LogP contribution in [0.1, 0.15) is 11.1 Å². The van der Waals surface area contributed by atoms with Crippen LogP contribution in [0.15, 0.2) is 47.2 Å². The van der Waals surface area contributed by atoms with Crippen molar-refractivity contribution in [3.05, 3.63) is 58.3 Å². The Morgan fingerprint density at radius 2 is 1.93 bits per heavy atom. The molecule has 0 aliphatic heterocycles. The minimum Gasteiger partial charge on any atom is -0.206 e. The Labute approximate surface area is 86.3 Å². The highest BCUT2D eigenvalue weighted by atomic mass is 32.1. The van der Waals surface area contributed by atoms with Gasteiger partial charge in [0.2, 0.25) is 0 Å². The minimum atomic E-state index is -0.191. The lowest BCUT2D eigenvalue weighted by Crippen LogP contribution is -1.75. The molecule has 0 amide bonds. The van der Waals surface area contributed by atoms with Gasteiger partial charge in [0, 0.05) is 5.56 Å². The first-order valence-electron chi connectivity index (χ1n) is 4.31. The van der Waals surface area contributed by atoms with Crippen LogP contribution in [-0.4, -0.2) is 0 Å². The van der Waals surface area contributed by atoms with Crippen LogP contribution < -0.4 is 0 Å². The average molecular weight is 204 g/mol. The molecule has 0 bridgehead atoms. The topological polar surface area (TPSA) is 0 Å². The second-order valence-corrected chi connectivity index (χ2v) is 3.70. The number of rotatable bonds is 2. The molecule has 0 atom stereocenters. The molecule has 70 valence electrons. The summed E-state index contributed by atoms with van der Waals surface area (Å²) in [6.07, 6.45) is 1.55. The van der Waals surface area contributed by atoms with Gasteiger partial charge in [0.05, 0.1) is 0 Å². The maximum Gasteiger partial charge on any atom is 0.131 e. The van der Waals surface area contributed by atoms with Crippen molar-refractivity contribution >= 4 is 23.2 Å². The predicted molar refractivity (Wildman–Crippen MR) is 59.7 cm³/mol. The lowest BCUT2D eigenvalue weighted by Gasteiger charge is -1.95. The summed E-state index contributed by atoms with van der Waals surface area (Å²) in [5, 5.41) is 3.85. The van der Waals surface area contributed by atoms with Gasteiger partial charge in [-0.15, -0.1) is 0 Å². The van der Waals surface area contributed by atoms with E-state index in [0.717, 1.165) is 5.56 Å². The van der Waals surface area contributed by atoms with Crippen LogP contribution in [0.25, 0.3) is 11.9 Å². The number of halogens is 1. The molecule has 0 unspecified atom stereocenters. The molecule has 2 aromatic rings. The van der Waals surface area contributed by atoms with Crippen LogP contribution in [0.3, 0.4) is 0 Å². The molecule has 0 aliphatic carbocycles. The van der Waals surface area contributed by atoms with Gasteiger partial charge < -0.3 is 0 Å². The average Bonchev–Trinajstić information content (AvgIpc) is 2.72. The number of hydrogen-bond acceptors (Lipinski definition) is 1. The highest BCUT2D eigenvalue weighted by Gasteiger charge is 1.98. The molecule has 1 heterocycles. The van der Waals surface area contributed by atoms with Gasteiger partial charge >= 0.3 is 0 Å². The highest BCUT2D eigenvalue weighted by Crippen LogP contribution is 2.20. The third-order valence-electron chi connectivity index (χ3n) is 1.89. The van der Waals surface area contributed by atoms with Crippen LogP contribution in [0, 0.1) is 0 Å². The highest BCUT2D eigenvalue weighted by molar-refractivity contribution is 7.08. The maximum absolute atomic E-state index is 13.6. The molecule has 1 aromatic carbocycles. The van der Waals surface area contributed by atoms with Crippen LogP contribution in [0.4, 0.5) is 4.39 Å². The minimum absolute atomic E-state index is 0.191.